The Balaban J connectivity index is 3.51. The van der Waals surface area contributed by atoms with E-state index in [-0.39, 0.29) is 25.2 Å². The summed E-state index contributed by atoms with van der Waals surface area (Å²) in [5, 5.41) is 9.60. The molecule has 0 bridgehead atoms. The van der Waals surface area contributed by atoms with E-state index in [9.17, 15) is 14.7 Å². The van der Waals surface area contributed by atoms with E-state index in [2.05, 4.69) is 98.9 Å². The van der Waals surface area contributed by atoms with Crippen LogP contribution in [0.1, 0.15) is 232 Å². The fourth-order valence-corrected chi connectivity index (χ4v) is 6.91. The molecule has 0 aromatic heterocycles. The van der Waals surface area contributed by atoms with E-state index in [1.54, 1.807) is 0 Å². The first-order valence-corrected chi connectivity index (χ1v) is 25.1. The molecule has 0 saturated carbocycles. The first kappa shape index (κ1) is 57.1. The van der Waals surface area contributed by atoms with E-state index >= 15 is 0 Å². The zero-order valence-corrected chi connectivity index (χ0v) is 39.2. The molecule has 0 aromatic carbocycles. The van der Waals surface area contributed by atoms with Gasteiger partial charge in [-0.15, -0.1) is 0 Å². The van der Waals surface area contributed by atoms with Crippen LogP contribution in [0, 0.1) is 0 Å². The summed E-state index contributed by atoms with van der Waals surface area (Å²) in [5.41, 5.74) is 0. The van der Waals surface area contributed by atoms with Crippen LogP contribution in [0.2, 0.25) is 0 Å². The van der Waals surface area contributed by atoms with Crippen LogP contribution in [-0.4, -0.2) is 36.4 Å². The van der Waals surface area contributed by atoms with E-state index in [4.69, 9.17) is 9.47 Å². The average molecular weight is 835 g/mol. The van der Waals surface area contributed by atoms with Gasteiger partial charge in [0.25, 0.3) is 0 Å². The van der Waals surface area contributed by atoms with Gasteiger partial charge in [-0.05, 0) is 89.9 Å². The van der Waals surface area contributed by atoms with Crippen molar-refractivity contribution in [3.05, 3.63) is 85.1 Å². The number of ether oxygens (including phenoxy) is 2. The van der Waals surface area contributed by atoms with Gasteiger partial charge in [0.2, 0.25) is 0 Å². The van der Waals surface area contributed by atoms with E-state index in [1.807, 2.05) is 0 Å². The Morgan fingerprint density at radius 1 is 0.400 bits per heavy atom. The molecule has 0 saturated heterocycles. The first-order chi connectivity index (χ1) is 29.6. The van der Waals surface area contributed by atoms with Crippen molar-refractivity contribution in [1.82, 2.24) is 0 Å². The van der Waals surface area contributed by atoms with Crippen molar-refractivity contribution < 1.29 is 24.2 Å². The van der Waals surface area contributed by atoms with Crippen molar-refractivity contribution in [2.75, 3.05) is 13.2 Å². The Kier molecular flexibility index (Phi) is 48.0. The Morgan fingerprint density at radius 2 is 0.717 bits per heavy atom. The molecular formula is C55H94O5. The van der Waals surface area contributed by atoms with Crippen LogP contribution in [-0.2, 0) is 19.1 Å². The number of hydrogen-bond donors (Lipinski definition) is 1. The number of aliphatic hydroxyl groups excluding tert-OH is 1. The lowest BCUT2D eigenvalue weighted by molar-refractivity contribution is -0.161. The number of allylic oxidation sites excluding steroid dienone is 14. The highest BCUT2D eigenvalue weighted by atomic mass is 16.6. The van der Waals surface area contributed by atoms with Crippen LogP contribution in [0.3, 0.4) is 0 Å². The maximum atomic E-state index is 12.2. The van der Waals surface area contributed by atoms with E-state index < -0.39 is 6.10 Å². The highest BCUT2D eigenvalue weighted by Gasteiger charge is 2.16. The molecule has 0 rings (SSSR count). The largest absolute Gasteiger partial charge is 0.462 e. The molecule has 0 aliphatic rings. The fraction of sp³-hybridized carbons (Fsp3) is 0.709. The second-order valence-corrected chi connectivity index (χ2v) is 16.5. The number of rotatable bonds is 45. The topological polar surface area (TPSA) is 72.8 Å². The standard InChI is InChI=1S/C55H94O5/c1-3-5-7-9-11-13-15-17-18-19-20-21-22-23-24-25-26-27-28-29-30-31-32-33-34-35-36-38-40-42-44-46-48-50-55(58)60-53(51-56)52-59-54(57)49-47-45-43-41-39-37-16-14-12-10-8-6-4-2/h5,7,11,13-14,16-18,20-21,23-24,26-27,53,56H,3-4,6,8-10,12,15,19,22,25,28-52H2,1-2H3/b7-5-,13-11-,16-14-,18-17-,21-20-,24-23-,27-26-. The van der Waals surface area contributed by atoms with Gasteiger partial charge in [-0.2, -0.15) is 0 Å². The molecule has 0 fully saturated rings. The molecule has 1 unspecified atom stereocenters. The molecule has 0 aliphatic heterocycles. The van der Waals surface area contributed by atoms with E-state index in [0.717, 1.165) is 83.5 Å². The van der Waals surface area contributed by atoms with Gasteiger partial charge in [0.15, 0.2) is 6.10 Å². The molecule has 344 valence electrons. The predicted molar refractivity (Wildman–Crippen MR) is 260 cm³/mol. The summed E-state index contributed by atoms with van der Waals surface area (Å²) in [4.78, 5) is 24.4. The zero-order valence-electron chi connectivity index (χ0n) is 39.2. The molecule has 0 amide bonds. The van der Waals surface area contributed by atoms with Gasteiger partial charge in [-0.3, -0.25) is 9.59 Å². The number of aliphatic hydroxyl groups is 1. The van der Waals surface area contributed by atoms with Crippen LogP contribution in [0.5, 0.6) is 0 Å². The van der Waals surface area contributed by atoms with Gasteiger partial charge in [0.05, 0.1) is 6.61 Å². The number of hydrogen-bond acceptors (Lipinski definition) is 5. The Labute approximate surface area is 371 Å². The minimum absolute atomic E-state index is 0.0718. The number of carbonyl (C=O) groups is 2. The van der Waals surface area contributed by atoms with Crippen LogP contribution in [0.4, 0.5) is 0 Å². The summed E-state index contributed by atoms with van der Waals surface area (Å²) in [5.74, 6) is -0.601. The molecular weight excluding hydrogens is 741 g/mol. The number of unbranched alkanes of at least 4 members (excludes halogenated alkanes) is 23. The summed E-state index contributed by atoms with van der Waals surface area (Å²) in [6.45, 7) is 4.00. The van der Waals surface area contributed by atoms with Crippen molar-refractivity contribution in [3.63, 3.8) is 0 Å². The van der Waals surface area contributed by atoms with Crippen LogP contribution >= 0.6 is 0 Å². The third-order valence-electron chi connectivity index (χ3n) is 10.7. The van der Waals surface area contributed by atoms with Crippen LogP contribution < -0.4 is 0 Å². The molecule has 1 atom stereocenters. The van der Waals surface area contributed by atoms with E-state index in [0.29, 0.717) is 12.8 Å². The summed E-state index contributed by atoms with van der Waals surface area (Å²) in [6.07, 6.45) is 69.7. The highest BCUT2D eigenvalue weighted by molar-refractivity contribution is 5.70. The number of esters is 2. The maximum Gasteiger partial charge on any atom is 0.306 e. The van der Waals surface area contributed by atoms with Crippen molar-refractivity contribution in [2.24, 2.45) is 0 Å². The van der Waals surface area contributed by atoms with Gasteiger partial charge < -0.3 is 14.6 Å². The minimum Gasteiger partial charge on any atom is -0.462 e. The van der Waals surface area contributed by atoms with Crippen molar-refractivity contribution >= 4 is 11.9 Å². The second-order valence-electron chi connectivity index (χ2n) is 16.5. The molecule has 0 radical (unpaired) electrons. The van der Waals surface area contributed by atoms with Gasteiger partial charge in [-0.1, -0.05) is 214 Å². The molecule has 0 aromatic rings. The Hall–Kier alpha value is -2.92. The van der Waals surface area contributed by atoms with E-state index in [1.165, 1.54) is 122 Å². The summed E-state index contributed by atoms with van der Waals surface area (Å²) < 4.78 is 10.6. The molecule has 0 aliphatic carbocycles. The summed E-state index contributed by atoms with van der Waals surface area (Å²) in [6, 6.07) is 0. The average Bonchev–Trinajstić information content (AvgIpc) is 3.25. The first-order valence-electron chi connectivity index (χ1n) is 25.1. The lowest BCUT2D eigenvalue weighted by atomic mass is 10.0. The highest BCUT2D eigenvalue weighted by Crippen LogP contribution is 2.15. The SMILES string of the molecule is CC/C=C\C/C=C\C/C=C\C/C=C\C/C=C\C/C=C\CCCCCCCCCCCCCCCCC(=O)OC(CO)COC(=O)CCCCCCC/C=C\CCCCCC. The smallest absolute Gasteiger partial charge is 0.306 e. The molecule has 0 spiro atoms. The molecule has 5 nitrogen and oxygen atoms in total. The normalized spacial score (nSPS) is 12.9. The Morgan fingerprint density at radius 3 is 1.10 bits per heavy atom. The third-order valence-corrected chi connectivity index (χ3v) is 10.7. The zero-order chi connectivity index (χ0) is 43.5. The predicted octanol–water partition coefficient (Wildman–Crippen LogP) is 16.6. The van der Waals surface area contributed by atoms with Crippen LogP contribution in [0.15, 0.2) is 85.1 Å². The molecule has 5 heteroatoms. The van der Waals surface area contributed by atoms with Gasteiger partial charge >= 0.3 is 11.9 Å². The maximum absolute atomic E-state index is 12.2. The summed E-state index contributed by atoms with van der Waals surface area (Å²) >= 11 is 0. The third kappa shape index (κ3) is 47.8. The van der Waals surface area contributed by atoms with Crippen molar-refractivity contribution in [3.8, 4) is 0 Å². The molecule has 0 heterocycles. The molecule has 60 heavy (non-hydrogen) atoms. The fourth-order valence-electron chi connectivity index (χ4n) is 6.91. The second kappa shape index (κ2) is 50.4. The van der Waals surface area contributed by atoms with Gasteiger partial charge in [0.1, 0.15) is 6.61 Å². The lowest BCUT2D eigenvalue weighted by Crippen LogP contribution is -2.28. The lowest BCUT2D eigenvalue weighted by Gasteiger charge is -2.15. The van der Waals surface area contributed by atoms with Gasteiger partial charge in [0, 0.05) is 12.8 Å². The summed E-state index contributed by atoms with van der Waals surface area (Å²) in [7, 11) is 0. The van der Waals surface area contributed by atoms with Gasteiger partial charge in [-0.25, -0.2) is 0 Å². The monoisotopic (exact) mass is 835 g/mol. The van der Waals surface area contributed by atoms with Crippen molar-refractivity contribution in [2.45, 2.75) is 238 Å². The van der Waals surface area contributed by atoms with Crippen molar-refractivity contribution in [1.29, 1.82) is 0 Å². The Bertz CT molecular complexity index is 1130. The number of carbonyl (C=O) groups excluding carboxylic acids is 2. The van der Waals surface area contributed by atoms with Crippen LogP contribution in [0.25, 0.3) is 0 Å². The molecule has 1 N–H and O–H groups in total. The minimum atomic E-state index is -0.778. The quantitative estimate of drug-likeness (QED) is 0.0376.